The molecule has 1 rings (SSSR count). The number of carboxylic acid groups (broad SMARTS) is 2. The molecule has 0 bridgehead atoms. The molecule has 0 unspecified atom stereocenters. The minimum absolute atomic E-state index is 0.297. The first-order valence-electron chi connectivity index (χ1n) is 4.59. The van der Waals surface area contributed by atoms with Crippen LogP contribution in [-0.2, 0) is 14.3 Å². The maximum Gasteiger partial charge on any atom is 0.377 e. The van der Waals surface area contributed by atoms with Gasteiger partial charge in [-0.15, -0.1) is 0 Å². The van der Waals surface area contributed by atoms with Crippen LogP contribution in [0.5, 0.6) is 0 Å². The van der Waals surface area contributed by atoms with Gasteiger partial charge in [0.25, 0.3) is 5.76 Å². The molecule has 1 aliphatic rings. The van der Waals surface area contributed by atoms with Gasteiger partial charge in [-0.1, -0.05) is 6.08 Å². The molecule has 6 nitrogen and oxygen atoms in total. The van der Waals surface area contributed by atoms with E-state index in [9.17, 15) is 23.5 Å². The minimum atomic E-state index is -2.57. The van der Waals surface area contributed by atoms with E-state index in [2.05, 4.69) is 4.74 Å². The SMILES string of the molecule is O=C(O)C1=C[C@@H](OC(C(=O)O)=C(F)F)[C@H](O)C=C1. The highest BCUT2D eigenvalue weighted by Crippen LogP contribution is 2.20. The number of rotatable bonds is 4. The van der Waals surface area contributed by atoms with Crippen LogP contribution in [0.25, 0.3) is 0 Å². The Balaban J connectivity index is 2.96. The van der Waals surface area contributed by atoms with Gasteiger partial charge in [0.1, 0.15) is 12.2 Å². The third kappa shape index (κ3) is 3.14. The number of aliphatic hydroxyl groups excluding tert-OH is 1. The first-order chi connectivity index (χ1) is 8.32. The Morgan fingerprint density at radius 1 is 1.28 bits per heavy atom. The van der Waals surface area contributed by atoms with Crippen LogP contribution >= 0.6 is 0 Å². The Bertz CT molecular complexity index is 461. The lowest BCUT2D eigenvalue weighted by molar-refractivity contribution is -0.138. The van der Waals surface area contributed by atoms with Crippen LogP contribution in [0.1, 0.15) is 0 Å². The molecule has 0 aliphatic heterocycles. The van der Waals surface area contributed by atoms with E-state index in [0.717, 1.165) is 18.2 Å². The van der Waals surface area contributed by atoms with Gasteiger partial charge in [0, 0.05) is 0 Å². The molecule has 0 amide bonds. The number of hydrogen-bond acceptors (Lipinski definition) is 4. The molecule has 3 N–H and O–H groups in total. The first kappa shape index (κ1) is 13.8. The average Bonchev–Trinajstić information content (AvgIpc) is 2.26. The fourth-order valence-electron chi connectivity index (χ4n) is 1.20. The molecular formula is C10H8F2O6. The lowest BCUT2D eigenvalue weighted by Crippen LogP contribution is -2.30. The molecule has 98 valence electrons. The Morgan fingerprint density at radius 3 is 2.33 bits per heavy atom. The second-order valence-electron chi connectivity index (χ2n) is 3.25. The highest BCUT2D eigenvalue weighted by molar-refractivity contribution is 5.90. The van der Waals surface area contributed by atoms with Crippen LogP contribution in [0.3, 0.4) is 0 Å². The molecule has 0 spiro atoms. The van der Waals surface area contributed by atoms with Crippen LogP contribution < -0.4 is 0 Å². The summed E-state index contributed by atoms with van der Waals surface area (Å²) in [6.07, 6.45) is -2.59. The molecule has 0 saturated heterocycles. The van der Waals surface area contributed by atoms with Gasteiger partial charge >= 0.3 is 18.0 Å². The maximum absolute atomic E-state index is 12.2. The quantitative estimate of drug-likeness (QED) is 0.503. The summed E-state index contributed by atoms with van der Waals surface area (Å²) in [4.78, 5) is 21.1. The number of aliphatic hydroxyl groups is 1. The van der Waals surface area contributed by atoms with Gasteiger partial charge in [-0.05, 0) is 12.2 Å². The smallest absolute Gasteiger partial charge is 0.377 e. The summed E-state index contributed by atoms with van der Waals surface area (Å²) in [6, 6.07) is 0. The van der Waals surface area contributed by atoms with Crippen molar-refractivity contribution in [2.45, 2.75) is 12.2 Å². The van der Waals surface area contributed by atoms with Crippen LogP contribution in [0.15, 0.2) is 35.6 Å². The number of hydrogen-bond donors (Lipinski definition) is 3. The largest absolute Gasteiger partial charge is 0.478 e. The summed E-state index contributed by atoms with van der Waals surface area (Å²) in [5, 5.41) is 26.5. The van der Waals surface area contributed by atoms with Gasteiger partial charge in [0.05, 0.1) is 5.57 Å². The molecule has 0 heterocycles. The van der Waals surface area contributed by atoms with E-state index in [1.165, 1.54) is 0 Å². The molecule has 0 radical (unpaired) electrons. The Labute approximate surface area is 99.1 Å². The minimum Gasteiger partial charge on any atom is -0.478 e. The second kappa shape index (κ2) is 5.41. The fraction of sp³-hybridized carbons (Fsp3) is 0.200. The van der Waals surface area contributed by atoms with Gasteiger partial charge in [-0.2, -0.15) is 8.78 Å². The third-order valence-electron chi connectivity index (χ3n) is 2.02. The zero-order valence-corrected chi connectivity index (χ0v) is 8.71. The second-order valence-corrected chi connectivity index (χ2v) is 3.25. The molecule has 18 heavy (non-hydrogen) atoms. The van der Waals surface area contributed by atoms with Crippen LogP contribution in [0.4, 0.5) is 8.78 Å². The van der Waals surface area contributed by atoms with E-state index in [-0.39, 0.29) is 5.57 Å². The predicted octanol–water partition coefficient (Wildman–Crippen LogP) is 0.506. The summed E-state index contributed by atoms with van der Waals surface area (Å²) in [5.74, 6) is -4.99. The van der Waals surface area contributed by atoms with Crippen LogP contribution in [0.2, 0.25) is 0 Å². The standard InChI is InChI=1S/C10H8F2O6/c11-8(12)7(10(16)17)18-6-3-4(9(14)15)1-2-5(6)13/h1-3,5-6,13H,(H,14,15)(H,16,17)/t5-,6-/m1/s1. The van der Waals surface area contributed by atoms with Crippen molar-refractivity contribution in [3.8, 4) is 0 Å². The summed E-state index contributed by atoms with van der Waals surface area (Å²) in [5.41, 5.74) is -0.297. The van der Waals surface area contributed by atoms with E-state index in [1.54, 1.807) is 0 Å². The van der Waals surface area contributed by atoms with Gasteiger partial charge in [0.2, 0.25) is 0 Å². The van der Waals surface area contributed by atoms with Crippen molar-refractivity contribution in [1.29, 1.82) is 0 Å². The Morgan fingerprint density at radius 2 is 1.89 bits per heavy atom. The summed E-state index contributed by atoms with van der Waals surface area (Å²) >= 11 is 0. The molecule has 8 heteroatoms. The molecule has 0 fully saturated rings. The van der Waals surface area contributed by atoms with Crippen LogP contribution in [-0.4, -0.2) is 39.5 Å². The predicted molar refractivity (Wildman–Crippen MR) is 52.6 cm³/mol. The lowest BCUT2D eigenvalue weighted by Gasteiger charge is -2.21. The Hall–Kier alpha value is -2.22. The third-order valence-corrected chi connectivity index (χ3v) is 2.02. The summed E-state index contributed by atoms with van der Waals surface area (Å²) < 4.78 is 28.8. The van der Waals surface area contributed by atoms with E-state index in [1.807, 2.05) is 0 Å². The van der Waals surface area contributed by atoms with Crippen molar-refractivity contribution >= 4 is 11.9 Å². The first-order valence-corrected chi connectivity index (χ1v) is 4.59. The maximum atomic E-state index is 12.2. The van der Waals surface area contributed by atoms with Gasteiger partial charge in [0.15, 0.2) is 0 Å². The normalized spacial score (nSPS) is 22.1. The van der Waals surface area contributed by atoms with Gasteiger partial charge in [-0.25, -0.2) is 9.59 Å². The number of aliphatic carboxylic acids is 2. The van der Waals surface area contributed by atoms with Crippen molar-refractivity contribution in [2.24, 2.45) is 0 Å². The van der Waals surface area contributed by atoms with Crippen molar-refractivity contribution in [3.05, 3.63) is 35.6 Å². The molecule has 0 aromatic heterocycles. The zero-order valence-electron chi connectivity index (χ0n) is 8.71. The highest BCUT2D eigenvalue weighted by atomic mass is 19.3. The molecule has 1 aliphatic carbocycles. The van der Waals surface area contributed by atoms with Crippen molar-refractivity contribution < 1.29 is 38.4 Å². The van der Waals surface area contributed by atoms with E-state index in [4.69, 9.17) is 10.2 Å². The van der Waals surface area contributed by atoms with E-state index >= 15 is 0 Å². The fourth-order valence-corrected chi connectivity index (χ4v) is 1.20. The summed E-state index contributed by atoms with van der Waals surface area (Å²) in [7, 11) is 0. The van der Waals surface area contributed by atoms with E-state index in [0.29, 0.717) is 0 Å². The lowest BCUT2D eigenvalue weighted by atomic mass is 10.0. The van der Waals surface area contributed by atoms with Crippen LogP contribution in [0, 0.1) is 0 Å². The number of carboxylic acids is 2. The molecule has 0 aromatic carbocycles. The average molecular weight is 262 g/mol. The van der Waals surface area contributed by atoms with Crippen molar-refractivity contribution in [2.75, 3.05) is 0 Å². The monoisotopic (exact) mass is 262 g/mol. The molecule has 0 saturated carbocycles. The molecule has 2 atom stereocenters. The summed E-state index contributed by atoms with van der Waals surface area (Å²) in [6.45, 7) is 0. The molecule has 0 aromatic rings. The van der Waals surface area contributed by atoms with E-state index < -0.39 is 36.0 Å². The number of carbonyl (C=O) groups is 2. The van der Waals surface area contributed by atoms with Gasteiger partial charge in [-0.3, -0.25) is 0 Å². The number of halogens is 2. The number of ether oxygens (including phenoxy) is 1. The highest BCUT2D eigenvalue weighted by Gasteiger charge is 2.28. The van der Waals surface area contributed by atoms with Gasteiger partial charge < -0.3 is 20.1 Å². The van der Waals surface area contributed by atoms with Crippen molar-refractivity contribution in [3.63, 3.8) is 0 Å². The molecular weight excluding hydrogens is 254 g/mol. The zero-order chi connectivity index (χ0) is 13.9. The van der Waals surface area contributed by atoms with Crippen molar-refractivity contribution in [1.82, 2.24) is 0 Å². The Kier molecular flexibility index (Phi) is 4.16. The topological polar surface area (TPSA) is 104 Å².